The smallest absolute Gasteiger partial charge is 0.258 e. The van der Waals surface area contributed by atoms with Gasteiger partial charge < -0.3 is 0 Å². The Labute approximate surface area is 133 Å². The normalized spacial score (nSPS) is 11.3. The zero-order chi connectivity index (χ0) is 14.9. The van der Waals surface area contributed by atoms with E-state index >= 15 is 0 Å². The van der Waals surface area contributed by atoms with Crippen molar-refractivity contribution in [2.24, 2.45) is 0 Å². The average molecular weight is 326 g/mol. The van der Waals surface area contributed by atoms with Crippen molar-refractivity contribution in [3.8, 4) is 0 Å². The van der Waals surface area contributed by atoms with Crippen LogP contribution in [0.4, 0.5) is 0 Å². The molecule has 7 heteroatoms. The van der Waals surface area contributed by atoms with Crippen LogP contribution in [0.1, 0.15) is 5.69 Å². The molecule has 4 heterocycles. The third-order valence-corrected chi connectivity index (χ3v) is 5.25. The number of rotatable bonds is 3. The number of hydrogen-bond donors (Lipinski definition) is 0. The molecule has 0 amide bonds. The van der Waals surface area contributed by atoms with Crippen LogP contribution in [0.2, 0.25) is 0 Å². The Balaban J connectivity index is 1.67. The second-order valence-corrected chi connectivity index (χ2v) is 6.50. The first-order valence-corrected chi connectivity index (χ1v) is 8.46. The molecule has 4 aromatic heterocycles. The molecule has 0 aromatic carbocycles. The quantitative estimate of drug-likeness (QED) is 0.428. The molecule has 0 bridgehead atoms. The third kappa shape index (κ3) is 2.38. The van der Waals surface area contributed by atoms with Crippen molar-refractivity contribution in [3.05, 3.63) is 64.3 Å². The van der Waals surface area contributed by atoms with Crippen LogP contribution in [0.3, 0.4) is 0 Å². The number of fused-ring (bicyclic) bond motifs is 2. The summed E-state index contributed by atoms with van der Waals surface area (Å²) < 4.78 is 2.61. The highest BCUT2D eigenvalue weighted by molar-refractivity contribution is 7.98. The molecule has 0 spiro atoms. The fourth-order valence-corrected chi connectivity index (χ4v) is 4.03. The molecule has 0 saturated heterocycles. The predicted octanol–water partition coefficient (Wildman–Crippen LogP) is 2.99. The first-order valence-electron chi connectivity index (χ1n) is 6.59. The van der Waals surface area contributed by atoms with Crippen molar-refractivity contribution in [1.29, 1.82) is 0 Å². The Morgan fingerprint density at radius 2 is 2.18 bits per heavy atom. The molecule has 0 fully saturated rings. The van der Waals surface area contributed by atoms with Crippen molar-refractivity contribution >= 4 is 39.0 Å². The molecule has 0 atom stereocenters. The summed E-state index contributed by atoms with van der Waals surface area (Å²) >= 11 is 3.20. The summed E-state index contributed by atoms with van der Waals surface area (Å²) in [5.41, 5.74) is 2.30. The van der Waals surface area contributed by atoms with Crippen molar-refractivity contribution in [3.63, 3.8) is 0 Å². The van der Waals surface area contributed by atoms with Crippen molar-refractivity contribution < 1.29 is 0 Å². The number of aromatic nitrogens is 4. The van der Waals surface area contributed by atoms with Gasteiger partial charge in [0.05, 0.1) is 15.9 Å². The molecule has 0 saturated carbocycles. The predicted molar refractivity (Wildman–Crippen MR) is 88.4 cm³/mol. The molecule has 5 nitrogen and oxygen atoms in total. The number of thioether (sulfide) groups is 1. The molecule has 22 heavy (non-hydrogen) atoms. The van der Waals surface area contributed by atoms with Gasteiger partial charge in [0.2, 0.25) is 0 Å². The SMILES string of the molecule is O=c1cc(CSc2ncnc3ccsc23)nc2ccccn12. The first kappa shape index (κ1) is 13.4. The van der Waals surface area contributed by atoms with Crippen LogP contribution in [0.15, 0.2) is 58.1 Å². The van der Waals surface area contributed by atoms with E-state index in [-0.39, 0.29) is 5.56 Å². The number of thiophene rings is 1. The van der Waals surface area contributed by atoms with Gasteiger partial charge in [0.1, 0.15) is 17.0 Å². The summed E-state index contributed by atoms with van der Waals surface area (Å²) in [5.74, 6) is 0.602. The minimum absolute atomic E-state index is 0.0647. The van der Waals surface area contributed by atoms with Crippen LogP contribution < -0.4 is 5.56 Å². The van der Waals surface area contributed by atoms with Crippen LogP contribution in [-0.4, -0.2) is 19.4 Å². The molecule has 0 N–H and O–H groups in total. The van der Waals surface area contributed by atoms with Gasteiger partial charge in [-0.25, -0.2) is 15.0 Å². The fourth-order valence-electron chi connectivity index (χ4n) is 2.19. The van der Waals surface area contributed by atoms with E-state index in [9.17, 15) is 4.79 Å². The summed E-state index contributed by atoms with van der Waals surface area (Å²) in [6, 6.07) is 9.08. The van der Waals surface area contributed by atoms with E-state index in [1.807, 2.05) is 29.6 Å². The van der Waals surface area contributed by atoms with Gasteiger partial charge in [-0.2, -0.15) is 0 Å². The minimum atomic E-state index is -0.0647. The lowest BCUT2D eigenvalue weighted by molar-refractivity contribution is 1.01. The largest absolute Gasteiger partial charge is 0.269 e. The first-order chi connectivity index (χ1) is 10.8. The van der Waals surface area contributed by atoms with Crippen LogP contribution in [-0.2, 0) is 5.75 Å². The van der Waals surface area contributed by atoms with Gasteiger partial charge in [0, 0.05) is 18.0 Å². The molecule has 0 radical (unpaired) electrons. The van der Waals surface area contributed by atoms with Gasteiger partial charge in [0.15, 0.2) is 0 Å². The average Bonchev–Trinajstić information content (AvgIpc) is 3.02. The molecular weight excluding hydrogens is 316 g/mol. The highest BCUT2D eigenvalue weighted by atomic mass is 32.2. The van der Waals surface area contributed by atoms with Crippen molar-refractivity contribution in [2.75, 3.05) is 0 Å². The Morgan fingerprint density at radius 1 is 1.23 bits per heavy atom. The molecule has 0 aliphatic rings. The third-order valence-electron chi connectivity index (χ3n) is 3.19. The molecule has 4 aromatic rings. The highest BCUT2D eigenvalue weighted by Gasteiger charge is 2.08. The molecule has 0 unspecified atom stereocenters. The van der Waals surface area contributed by atoms with Gasteiger partial charge in [-0.05, 0) is 23.6 Å². The van der Waals surface area contributed by atoms with Gasteiger partial charge >= 0.3 is 0 Å². The van der Waals surface area contributed by atoms with Gasteiger partial charge in [-0.1, -0.05) is 17.8 Å². The highest BCUT2D eigenvalue weighted by Crippen LogP contribution is 2.30. The van der Waals surface area contributed by atoms with Crippen LogP contribution in [0, 0.1) is 0 Å². The summed E-state index contributed by atoms with van der Waals surface area (Å²) in [7, 11) is 0. The maximum atomic E-state index is 12.1. The van der Waals surface area contributed by atoms with Gasteiger partial charge in [-0.3, -0.25) is 9.20 Å². The van der Waals surface area contributed by atoms with E-state index in [1.165, 1.54) is 4.40 Å². The van der Waals surface area contributed by atoms with E-state index in [1.54, 1.807) is 41.7 Å². The second kappa shape index (κ2) is 5.51. The lowest BCUT2D eigenvalue weighted by atomic mass is 10.4. The lowest BCUT2D eigenvalue weighted by Gasteiger charge is -2.04. The van der Waals surface area contributed by atoms with Crippen LogP contribution >= 0.6 is 23.1 Å². The number of hydrogen-bond acceptors (Lipinski definition) is 6. The number of nitrogens with zero attached hydrogens (tertiary/aromatic N) is 4. The summed E-state index contributed by atoms with van der Waals surface area (Å²) in [4.78, 5) is 25.2. The van der Waals surface area contributed by atoms with E-state index < -0.39 is 0 Å². The van der Waals surface area contributed by atoms with E-state index in [2.05, 4.69) is 15.0 Å². The topological polar surface area (TPSA) is 60.2 Å². The van der Waals surface area contributed by atoms with E-state index in [0.29, 0.717) is 11.4 Å². The number of pyridine rings is 1. The molecule has 0 aliphatic heterocycles. The molecule has 4 rings (SSSR count). The Bertz CT molecular complexity index is 1020. The van der Waals surface area contributed by atoms with Crippen LogP contribution in [0.25, 0.3) is 15.9 Å². The van der Waals surface area contributed by atoms with E-state index in [4.69, 9.17) is 0 Å². The fraction of sp³-hybridized carbons (Fsp3) is 0.0667. The van der Waals surface area contributed by atoms with Gasteiger partial charge in [-0.15, -0.1) is 11.3 Å². The maximum Gasteiger partial charge on any atom is 0.258 e. The maximum absolute atomic E-state index is 12.1. The monoisotopic (exact) mass is 326 g/mol. The minimum Gasteiger partial charge on any atom is -0.269 e. The van der Waals surface area contributed by atoms with Crippen molar-refractivity contribution in [2.45, 2.75) is 10.8 Å². The van der Waals surface area contributed by atoms with E-state index in [0.717, 1.165) is 20.9 Å². The zero-order valence-corrected chi connectivity index (χ0v) is 13.0. The Kier molecular flexibility index (Phi) is 3.36. The molecule has 108 valence electrons. The molecule has 0 aliphatic carbocycles. The summed E-state index contributed by atoms with van der Waals surface area (Å²) in [5, 5.41) is 2.93. The second-order valence-electron chi connectivity index (χ2n) is 4.62. The van der Waals surface area contributed by atoms with Gasteiger partial charge in [0.25, 0.3) is 5.56 Å². The summed E-state index contributed by atoms with van der Waals surface area (Å²) in [6.07, 6.45) is 3.29. The standard InChI is InChI=1S/C15H10N4OS2/c20-13-7-10(18-12-3-1-2-5-19(12)13)8-22-15-14-11(4-6-21-14)16-9-17-15/h1-7,9H,8H2. The lowest BCUT2D eigenvalue weighted by Crippen LogP contribution is -2.14. The van der Waals surface area contributed by atoms with Crippen molar-refractivity contribution in [1.82, 2.24) is 19.4 Å². The Morgan fingerprint density at radius 3 is 3.14 bits per heavy atom. The Hall–Kier alpha value is -2.25. The van der Waals surface area contributed by atoms with Crippen LogP contribution in [0.5, 0.6) is 0 Å². The molecular formula is C15H10N4OS2. The zero-order valence-electron chi connectivity index (χ0n) is 11.3. The summed E-state index contributed by atoms with van der Waals surface area (Å²) in [6.45, 7) is 0.